The fourth-order valence-corrected chi connectivity index (χ4v) is 2.51. The summed E-state index contributed by atoms with van der Waals surface area (Å²) in [5, 5.41) is 19.9. The van der Waals surface area contributed by atoms with Crippen molar-refractivity contribution in [1.82, 2.24) is 0 Å². The van der Waals surface area contributed by atoms with Gasteiger partial charge in [0.05, 0.1) is 17.1 Å². The molecule has 0 radical (unpaired) electrons. The number of nitro groups is 1. The van der Waals surface area contributed by atoms with Gasteiger partial charge in [-0.2, -0.15) is 0 Å². The minimum atomic E-state index is -1.19. The molecule has 6 heteroatoms. The van der Waals surface area contributed by atoms with E-state index in [9.17, 15) is 14.9 Å². The van der Waals surface area contributed by atoms with Gasteiger partial charge in [-0.15, -0.1) is 0 Å². The number of benzene rings is 1. The van der Waals surface area contributed by atoms with Gasteiger partial charge in [-0.25, -0.2) is 4.79 Å². The maximum Gasteiger partial charge on any atom is 0.335 e. The smallest absolute Gasteiger partial charge is 0.335 e. The molecule has 1 N–H and O–H groups in total. The molecule has 0 aliphatic rings. The lowest BCUT2D eigenvalue weighted by atomic mass is 10.1. The first-order chi connectivity index (χ1) is 11.6. The zero-order valence-electron chi connectivity index (χ0n) is 14.3. The quantitative estimate of drug-likeness (QED) is 0.303. The van der Waals surface area contributed by atoms with Gasteiger partial charge in [-0.05, 0) is 18.6 Å². The predicted octanol–water partition coefficient (Wildman–Crippen LogP) is 5.20. The SMILES string of the molecule is CCCCCCCCCCCOc1ccc(C(=O)O)cc1[N+](=O)[O-]. The molecule has 134 valence electrons. The van der Waals surface area contributed by atoms with Crippen LogP contribution in [0.3, 0.4) is 0 Å². The Balaban J connectivity index is 2.27. The normalized spacial score (nSPS) is 10.5. The molecule has 1 aromatic carbocycles. The van der Waals surface area contributed by atoms with E-state index < -0.39 is 10.9 Å². The first-order valence-electron chi connectivity index (χ1n) is 8.70. The maximum atomic E-state index is 11.0. The van der Waals surface area contributed by atoms with Gasteiger partial charge in [-0.1, -0.05) is 58.3 Å². The summed E-state index contributed by atoms with van der Waals surface area (Å²) in [5.41, 5.74) is -0.414. The van der Waals surface area contributed by atoms with Crippen molar-refractivity contribution in [2.75, 3.05) is 6.61 Å². The van der Waals surface area contributed by atoms with Crippen LogP contribution in [-0.4, -0.2) is 22.6 Å². The van der Waals surface area contributed by atoms with E-state index in [0.717, 1.165) is 25.3 Å². The summed E-state index contributed by atoms with van der Waals surface area (Å²) in [5.74, 6) is -1.06. The Hall–Kier alpha value is -2.11. The fourth-order valence-electron chi connectivity index (χ4n) is 2.51. The van der Waals surface area contributed by atoms with Crippen LogP contribution < -0.4 is 4.74 Å². The number of hydrogen-bond acceptors (Lipinski definition) is 4. The van der Waals surface area contributed by atoms with E-state index in [0.29, 0.717) is 6.61 Å². The summed E-state index contributed by atoms with van der Waals surface area (Å²) in [7, 11) is 0. The highest BCUT2D eigenvalue weighted by Gasteiger charge is 2.18. The first-order valence-corrected chi connectivity index (χ1v) is 8.70. The predicted molar refractivity (Wildman–Crippen MR) is 92.8 cm³/mol. The maximum absolute atomic E-state index is 11.0. The molecule has 0 aliphatic carbocycles. The number of nitro benzene ring substituents is 1. The lowest BCUT2D eigenvalue weighted by Gasteiger charge is -2.07. The average molecular weight is 337 g/mol. The van der Waals surface area contributed by atoms with Crippen molar-refractivity contribution in [2.45, 2.75) is 64.7 Å². The van der Waals surface area contributed by atoms with Gasteiger partial charge in [0.25, 0.3) is 0 Å². The topological polar surface area (TPSA) is 89.7 Å². The molecule has 1 aromatic rings. The second-order valence-corrected chi connectivity index (χ2v) is 5.92. The van der Waals surface area contributed by atoms with E-state index in [1.54, 1.807) is 0 Å². The molecule has 0 atom stereocenters. The Labute approximate surface area is 143 Å². The number of rotatable bonds is 13. The molecule has 1 rings (SSSR count). The molecule has 0 aliphatic heterocycles. The van der Waals surface area contributed by atoms with E-state index >= 15 is 0 Å². The number of carboxylic acid groups (broad SMARTS) is 1. The molecule has 0 saturated heterocycles. The average Bonchev–Trinajstić information content (AvgIpc) is 2.56. The summed E-state index contributed by atoms with van der Waals surface area (Å²) < 4.78 is 5.46. The standard InChI is InChI=1S/C18H27NO5/c1-2-3-4-5-6-7-8-9-10-13-24-17-12-11-15(18(20)21)14-16(17)19(22)23/h11-12,14H,2-10,13H2,1H3,(H,20,21). The minimum Gasteiger partial charge on any atom is -0.487 e. The van der Waals surface area contributed by atoms with E-state index in [1.165, 1.54) is 50.7 Å². The van der Waals surface area contributed by atoms with E-state index in [-0.39, 0.29) is 17.0 Å². The number of aromatic carboxylic acids is 1. The lowest BCUT2D eigenvalue weighted by Crippen LogP contribution is -2.03. The molecule has 0 saturated carbocycles. The van der Waals surface area contributed by atoms with Crippen molar-refractivity contribution in [3.05, 3.63) is 33.9 Å². The molecule has 0 fully saturated rings. The Morgan fingerprint density at radius 2 is 1.67 bits per heavy atom. The van der Waals surface area contributed by atoms with E-state index in [1.807, 2.05) is 0 Å². The van der Waals surface area contributed by atoms with Crippen LogP contribution in [0.25, 0.3) is 0 Å². The first kappa shape index (κ1) is 19.9. The van der Waals surface area contributed by atoms with E-state index in [4.69, 9.17) is 9.84 Å². The Morgan fingerprint density at radius 1 is 1.08 bits per heavy atom. The molecule has 0 spiro atoms. The zero-order chi connectivity index (χ0) is 17.8. The monoisotopic (exact) mass is 337 g/mol. The second kappa shape index (κ2) is 11.4. The number of ether oxygens (including phenoxy) is 1. The third-order valence-corrected chi connectivity index (χ3v) is 3.91. The van der Waals surface area contributed by atoms with Crippen molar-refractivity contribution < 1.29 is 19.6 Å². The van der Waals surface area contributed by atoms with Gasteiger partial charge in [0.1, 0.15) is 0 Å². The van der Waals surface area contributed by atoms with Crippen LogP contribution in [0.15, 0.2) is 18.2 Å². The second-order valence-electron chi connectivity index (χ2n) is 5.92. The van der Waals surface area contributed by atoms with Crippen LogP contribution in [0, 0.1) is 10.1 Å². The van der Waals surface area contributed by atoms with Crippen molar-refractivity contribution in [3.8, 4) is 5.75 Å². The van der Waals surface area contributed by atoms with Crippen LogP contribution in [0.4, 0.5) is 5.69 Å². The van der Waals surface area contributed by atoms with Crippen molar-refractivity contribution >= 4 is 11.7 Å². The summed E-state index contributed by atoms with van der Waals surface area (Å²) in [6.45, 7) is 2.61. The molecule has 6 nitrogen and oxygen atoms in total. The van der Waals surface area contributed by atoms with Gasteiger partial charge in [0, 0.05) is 6.07 Å². The Morgan fingerprint density at radius 3 is 2.21 bits per heavy atom. The molecular formula is C18H27NO5. The van der Waals surface area contributed by atoms with Crippen molar-refractivity contribution in [3.63, 3.8) is 0 Å². The van der Waals surface area contributed by atoms with Crippen LogP contribution in [0.2, 0.25) is 0 Å². The molecule has 0 bridgehead atoms. The highest BCUT2D eigenvalue weighted by molar-refractivity contribution is 5.88. The summed E-state index contributed by atoms with van der Waals surface area (Å²) >= 11 is 0. The number of hydrogen-bond donors (Lipinski definition) is 1. The molecular weight excluding hydrogens is 310 g/mol. The summed E-state index contributed by atoms with van der Waals surface area (Å²) in [6.07, 6.45) is 10.7. The molecule has 24 heavy (non-hydrogen) atoms. The minimum absolute atomic E-state index is 0.114. The van der Waals surface area contributed by atoms with Crippen LogP contribution >= 0.6 is 0 Å². The molecule has 0 aromatic heterocycles. The van der Waals surface area contributed by atoms with Crippen LogP contribution in [0.1, 0.15) is 75.1 Å². The summed E-state index contributed by atoms with van der Waals surface area (Å²) in [6, 6.07) is 3.71. The van der Waals surface area contributed by atoms with Crippen molar-refractivity contribution in [1.29, 1.82) is 0 Å². The van der Waals surface area contributed by atoms with Gasteiger partial charge in [-0.3, -0.25) is 10.1 Å². The van der Waals surface area contributed by atoms with Gasteiger partial charge in [0.15, 0.2) is 5.75 Å². The number of carbonyl (C=O) groups is 1. The highest BCUT2D eigenvalue weighted by atomic mass is 16.6. The molecule has 0 heterocycles. The van der Waals surface area contributed by atoms with Crippen molar-refractivity contribution in [2.24, 2.45) is 0 Å². The Bertz CT molecular complexity index is 530. The largest absolute Gasteiger partial charge is 0.487 e. The van der Waals surface area contributed by atoms with Crippen LogP contribution in [-0.2, 0) is 0 Å². The zero-order valence-corrected chi connectivity index (χ0v) is 14.3. The van der Waals surface area contributed by atoms with E-state index in [2.05, 4.69) is 6.92 Å². The third-order valence-electron chi connectivity index (χ3n) is 3.91. The third kappa shape index (κ3) is 7.44. The number of nitrogens with zero attached hydrogens (tertiary/aromatic N) is 1. The molecule has 0 amide bonds. The number of unbranched alkanes of at least 4 members (excludes halogenated alkanes) is 8. The molecule has 0 unspecified atom stereocenters. The van der Waals surface area contributed by atoms with Gasteiger partial charge < -0.3 is 9.84 Å². The number of carboxylic acids is 1. The Kier molecular flexibility index (Phi) is 9.49. The summed E-state index contributed by atoms with van der Waals surface area (Å²) in [4.78, 5) is 21.3. The fraction of sp³-hybridized carbons (Fsp3) is 0.611. The van der Waals surface area contributed by atoms with Gasteiger partial charge >= 0.3 is 11.7 Å². The van der Waals surface area contributed by atoms with Gasteiger partial charge in [0.2, 0.25) is 0 Å². The lowest BCUT2D eigenvalue weighted by molar-refractivity contribution is -0.385. The van der Waals surface area contributed by atoms with Crippen LogP contribution in [0.5, 0.6) is 5.75 Å². The highest BCUT2D eigenvalue weighted by Crippen LogP contribution is 2.28.